The normalized spacial score (nSPS) is 11.8. The zero-order chi connectivity index (χ0) is 17.8. The van der Waals surface area contributed by atoms with Crippen LogP contribution >= 0.6 is 0 Å². The summed E-state index contributed by atoms with van der Waals surface area (Å²) in [7, 11) is -14.7. The Balaban J connectivity index is 0. The molecule has 0 heterocycles. The molecule has 0 atom stereocenters. The van der Waals surface area contributed by atoms with Crippen molar-refractivity contribution in [2.75, 3.05) is 0 Å². The molecule has 2 aromatic rings. The van der Waals surface area contributed by atoms with E-state index >= 15 is 0 Å². The Hall–Kier alpha value is 1.23. The fourth-order valence-corrected chi connectivity index (χ4v) is 3.81. The Bertz CT molecular complexity index is 1140. The summed E-state index contributed by atoms with van der Waals surface area (Å²) in [4.78, 5) is -2.89. The summed E-state index contributed by atoms with van der Waals surface area (Å²) in [5.74, 6) is -0.954. The van der Waals surface area contributed by atoms with Gasteiger partial charge in [0.15, 0.2) is 0 Å². The fourth-order valence-electron chi connectivity index (χ4n) is 1.90. The van der Waals surface area contributed by atoms with Crippen LogP contribution in [0.25, 0.3) is 10.8 Å². The molecule has 0 aromatic heterocycles. The second-order valence-electron chi connectivity index (χ2n) is 4.39. The number of fused-ring (bicyclic) bond motifs is 1. The third-order valence-electron chi connectivity index (χ3n) is 2.81. The van der Waals surface area contributed by atoms with E-state index in [2.05, 4.69) is 0 Å². The number of phenolic OH excluding ortho intramolecular Hbond substituents is 1. The first-order valence-corrected chi connectivity index (χ1v) is 9.76. The average molecular weight is 453 g/mol. The van der Waals surface area contributed by atoms with Crippen LogP contribution in [-0.4, -0.2) is 133 Å². The predicted molar refractivity (Wildman–Crippen MR) is 92.3 cm³/mol. The van der Waals surface area contributed by atoms with Crippen molar-refractivity contribution in [1.29, 1.82) is 0 Å². The monoisotopic (exact) mass is 453 g/mol. The third-order valence-corrected chi connectivity index (χ3v) is 5.35. The van der Waals surface area contributed by atoms with E-state index in [9.17, 15) is 30.4 Å². The molecule has 16 heteroatoms. The van der Waals surface area contributed by atoms with E-state index in [0.29, 0.717) is 24.3 Å². The largest absolute Gasteiger partial charge is 0.507 e. The average Bonchev–Trinajstić information content (AvgIpc) is 2.33. The molecule has 0 saturated heterocycles. The molecule has 0 aliphatic heterocycles. The molecule has 26 heavy (non-hydrogen) atoms. The smallest absolute Gasteiger partial charge is 0.295 e. The van der Waals surface area contributed by atoms with Crippen molar-refractivity contribution in [1.82, 2.24) is 0 Å². The van der Waals surface area contributed by atoms with Crippen LogP contribution in [0.1, 0.15) is 0 Å². The van der Waals surface area contributed by atoms with Crippen LogP contribution in [0.4, 0.5) is 0 Å². The van der Waals surface area contributed by atoms with Gasteiger partial charge in [-0.25, -0.2) is 0 Å². The fraction of sp³-hybridized carbons (Fsp3) is 0. The van der Waals surface area contributed by atoms with Gasteiger partial charge in [0.2, 0.25) is 0 Å². The van der Waals surface area contributed by atoms with E-state index in [-0.39, 0.29) is 88.7 Å². The molecule has 2 rings (SSSR count). The summed E-state index contributed by atoms with van der Waals surface area (Å²) < 4.78 is 94.4. The standard InChI is InChI=1S/C10H8O10S3.3Na/c11-8-3-6(21(12,13)14)1-5-2-7(22(15,16)17)4-9(10(5)8)23(18,19)20;;;/h1-4,11H,(H,12,13,14)(H,15,16,17)(H,18,19,20);;;. The Morgan fingerprint density at radius 3 is 1.35 bits per heavy atom. The van der Waals surface area contributed by atoms with E-state index in [0.717, 1.165) is 0 Å². The van der Waals surface area contributed by atoms with Crippen molar-refractivity contribution >= 4 is 130 Å². The topological polar surface area (TPSA) is 183 Å². The zero-order valence-electron chi connectivity index (χ0n) is 13.8. The first-order chi connectivity index (χ1) is 10.2. The quantitative estimate of drug-likeness (QED) is 0.337. The molecule has 0 fully saturated rings. The number of aromatic hydroxyl groups is 1. The van der Waals surface area contributed by atoms with E-state index < -0.39 is 61.6 Å². The van der Waals surface area contributed by atoms with Gasteiger partial charge in [-0.15, -0.1) is 0 Å². The van der Waals surface area contributed by atoms with Crippen LogP contribution in [0.2, 0.25) is 0 Å². The van der Waals surface area contributed by atoms with Gasteiger partial charge in [0.05, 0.1) is 9.79 Å². The maximum Gasteiger partial charge on any atom is 0.295 e. The first kappa shape index (κ1) is 29.4. The second kappa shape index (κ2) is 9.82. The van der Waals surface area contributed by atoms with Gasteiger partial charge in [-0.1, -0.05) is 0 Å². The number of benzene rings is 2. The van der Waals surface area contributed by atoms with Crippen molar-refractivity contribution in [2.45, 2.75) is 14.7 Å². The van der Waals surface area contributed by atoms with Crippen LogP contribution < -0.4 is 0 Å². The Morgan fingerprint density at radius 2 is 1.00 bits per heavy atom. The summed E-state index contributed by atoms with van der Waals surface area (Å²) in [5.41, 5.74) is 0. The molecule has 0 unspecified atom stereocenters. The molecule has 129 valence electrons. The molecule has 4 N–H and O–H groups in total. The molecule has 0 saturated carbocycles. The SMILES string of the molecule is O=S(=O)(O)c1cc(O)c2c(S(=O)(=O)O)cc(S(=O)(=O)O)cc2c1.[Na].[Na].[Na]. The molecule has 0 spiro atoms. The number of phenols is 1. The van der Waals surface area contributed by atoms with Crippen LogP contribution in [0.15, 0.2) is 39.0 Å². The van der Waals surface area contributed by atoms with Crippen molar-refractivity contribution in [3.63, 3.8) is 0 Å². The van der Waals surface area contributed by atoms with E-state index in [1.54, 1.807) is 0 Å². The molecule has 0 aliphatic carbocycles. The summed E-state index contributed by atoms with van der Waals surface area (Å²) >= 11 is 0. The molecule has 10 nitrogen and oxygen atoms in total. The summed E-state index contributed by atoms with van der Waals surface area (Å²) in [6.07, 6.45) is 0. The van der Waals surface area contributed by atoms with Gasteiger partial charge in [-0.05, 0) is 23.6 Å². The minimum atomic E-state index is -5.03. The van der Waals surface area contributed by atoms with E-state index in [1.807, 2.05) is 0 Å². The number of rotatable bonds is 3. The van der Waals surface area contributed by atoms with Crippen LogP contribution in [0.5, 0.6) is 5.75 Å². The van der Waals surface area contributed by atoms with Crippen LogP contribution in [0.3, 0.4) is 0 Å². The Kier molecular flexibility index (Phi) is 11.1. The Morgan fingerprint density at radius 1 is 0.615 bits per heavy atom. The van der Waals surface area contributed by atoms with Gasteiger partial charge in [-0.3, -0.25) is 13.7 Å². The van der Waals surface area contributed by atoms with E-state index in [1.165, 1.54) is 0 Å². The molecule has 0 bridgehead atoms. The first-order valence-electron chi connectivity index (χ1n) is 5.44. The van der Waals surface area contributed by atoms with Crippen molar-refractivity contribution in [3.8, 4) is 5.75 Å². The van der Waals surface area contributed by atoms with Gasteiger partial charge >= 0.3 is 0 Å². The van der Waals surface area contributed by atoms with Crippen molar-refractivity contribution < 1.29 is 44.0 Å². The predicted octanol–water partition coefficient (Wildman–Crippen LogP) is -0.857. The molecular formula is C10H8Na3O10S3. The molecular weight excluding hydrogens is 445 g/mol. The maximum atomic E-state index is 11.4. The Labute approximate surface area is 215 Å². The molecule has 0 amide bonds. The van der Waals surface area contributed by atoms with Gasteiger partial charge in [0, 0.05) is 100 Å². The van der Waals surface area contributed by atoms with Gasteiger partial charge < -0.3 is 5.11 Å². The maximum absolute atomic E-state index is 11.4. The summed E-state index contributed by atoms with van der Waals surface area (Å²) in [6, 6.07) is 2.22. The van der Waals surface area contributed by atoms with Crippen molar-refractivity contribution in [3.05, 3.63) is 24.3 Å². The second-order valence-corrected chi connectivity index (χ2v) is 8.62. The summed E-state index contributed by atoms with van der Waals surface area (Å²) in [6.45, 7) is 0. The molecule has 3 radical (unpaired) electrons. The summed E-state index contributed by atoms with van der Waals surface area (Å²) in [5, 5.41) is 8.73. The van der Waals surface area contributed by atoms with Gasteiger partial charge in [0.1, 0.15) is 10.6 Å². The zero-order valence-corrected chi connectivity index (χ0v) is 22.2. The third kappa shape index (κ3) is 6.64. The minimum absolute atomic E-state index is 0. The molecule has 2 aromatic carbocycles. The number of hydrogen-bond donors (Lipinski definition) is 4. The van der Waals surface area contributed by atoms with Crippen LogP contribution in [-0.2, 0) is 30.4 Å². The minimum Gasteiger partial charge on any atom is -0.507 e. The van der Waals surface area contributed by atoms with E-state index in [4.69, 9.17) is 13.7 Å². The van der Waals surface area contributed by atoms with Gasteiger partial charge in [0.25, 0.3) is 30.4 Å². The van der Waals surface area contributed by atoms with Crippen molar-refractivity contribution in [2.24, 2.45) is 0 Å². The molecule has 0 aliphatic rings. The number of hydrogen-bond acceptors (Lipinski definition) is 7. The van der Waals surface area contributed by atoms with Crippen LogP contribution in [0, 0.1) is 0 Å². The van der Waals surface area contributed by atoms with Gasteiger partial charge in [-0.2, -0.15) is 25.3 Å².